The molecule has 0 N–H and O–H groups in total. The van der Waals surface area contributed by atoms with Crippen LogP contribution in [-0.2, 0) is 17.8 Å². The van der Waals surface area contributed by atoms with Gasteiger partial charge in [0.1, 0.15) is 17.4 Å². The zero-order valence-corrected chi connectivity index (χ0v) is 16.0. The fourth-order valence-corrected chi connectivity index (χ4v) is 4.11. The van der Waals surface area contributed by atoms with E-state index in [-0.39, 0.29) is 5.91 Å². The first-order chi connectivity index (χ1) is 12.0. The number of hydrogen-bond donors (Lipinski definition) is 0. The third-order valence-corrected chi connectivity index (χ3v) is 5.41. The van der Waals surface area contributed by atoms with E-state index < -0.39 is 0 Å². The van der Waals surface area contributed by atoms with Crippen LogP contribution in [0, 0.1) is 18.8 Å². The molecule has 1 fully saturated rings. The van der Waals surface area contributed by atoms with Crippen LogP contribution in [0.1, 0.15) is 36.5 Å². The Kier molecular flexibility index (Phi) is 5.74. The molecular weight excluding hydrogens is 332 g/mol. The monoisotopic (exact) mass is 358 g/mol. The van der Waals surface area contributed by atoms with Gasteiger partial charge in [0.25, 0.3) is 0 Å². The summed E-state index contributed by atoms with van der Waals surface area (Å²) < 4.78 is 5.76. The van der Waals surface area contributed by atoms with Crippen molar-refractivity contribution in [3.63, 3.8) is 0 Å². The number of likely N-dealkylation sites (tertiary alicyclic amines) is 1. The van der Waals surface area contributed by atoms with Crippen molar-refractivity contribution < 1.29 is 9.53 Å². The maximum absolute atomic E-state index is 12.5. The van der Waals surface area contributed by atoms with Gasteiger partial charge in [-0.15, -0.1) is 11.3 Å². The highest BCUT2D eigenvalue weighted by Crippen LogP contribution is 2.22. The summed E-state index contributed by atoms with van der Waals surface area (Å²) in [5, 5.41) is 2.88. The second-order valence-corrected chi connectivity index (χ2v) is 8.20. The van der Waals surface area contributed by atoms with Crippen molar-refractivity contribution in [2.45, 2.75) is 40.2 Å². The number of carbonyl (C=O) groups excluding carboxylic acids is 1. The van der Waals surface area contributed by atoms with Gasteiger partial charge in [0, 0.05) is 18.5 Å². The second-order valence-electron chi connectivity index (χ2n) is 7.26. The number of ether oxygens (including phenoxy) is 1. The fraction of sp³-hybridized carbons (Fsp3) is 0.500. The van der Waals surface area contributed by atoms with Crippen LogP contribution in [0.4, 0.5) is 0 Å². The van der Waals surface area contributed by atoms with Crippen molar-refractivity contribution >= 4 is 17.2 Å². The predicted molar refractivity (Wildman–Crippen MR) is 101 cm³/mol. The lowest BCUT2D eigenvalue weighted by molar-refractivity contribution is -0.133. The van der Waals surface area contributed by atoms with E-state index in [1.165, 1.54) is 12.0 Å². The van der Waals surface area contributed by atoms with Crippen molar-refractivity contribution in [3.05, 3.63) is 45.9 Å². The molecule has 0 radical (unpaired) electrons. The molecule has 25 heavy (non-hydrogen) atoms. The molecule has 1 amide bonds. The molecule has 1 aromatic carbocycles. The molecule has 1 aliphatic rings. The van der Waals surface area contributed by atoms with Crippen molar-refractivity contribution in [3.8, 4) is 5.75 Å². The maximum atomic E-state index is 12.5. The quantitative estimate of drug-likeness (QED) is 0.809. The number of thiazole rings is 1. The number of nitrogens with zero attached hydrogens (tertiary/aromatic N) is 2. The molecule has 3 rings (SSSR count). The van der Waals surface area contributed by atoms with Crippen LogP contribution in [0.15, 0.2) is 29.6 Å². The number of hydrogen-bond acceptors (Lipinski definition) is 4. The summed E-state index contributed by atoms with van der Waals surface area (Å²) in [5.41, 5.74) is 2.06. The first-order valence-corrected chi connectivity index (χ1v) is 9.78. The molecule has 1 saturated heterocycles. The summed E-state index contributed by atoms with van der Waals surface area (Å²) in [6.07, 6.45) is 1.60. The molecular formula is C20H26N2O2S. The van der Waals surface area contributed by atoms with Gasteiger partial charge in [-0.1, -0.05) is 31.5 Å². The molecule has 2 atom stereocenters. The molecule has 134 valence electrons. The number of aryl methyl sites for hydroxylation is 1. The van der Waals surface area contributed by atoms with Gasteiger partial charge in [-0.25, -0.2) is 4.98 Å². The Labute approximate surface area is 153 Å². The van der Waals surface area contributed by atoms with E-state index in [1.54, 1.807) is 11.3 Å². The summed E-state index contributed by atoms with van der Waals surface area (Å²) in [4.78, 5) is 19.1. The summed E-state index contributed by atoms with van der Waals surface area (Å²) >= 11 is 1.55. The van der Waals surface area contributed by atoms with E-state index in [2.05, 4.69) is 25.8 Å². The summed E-state index contributed by atoms with van der Waals surface area (Å²) in [5.74, 6) is 2.20. The Hall–Kier alpha value is -1.88. The van der Waals surface area contributed by atoms with Crippen molar-refractivity contribution in [1.82, 2.24) is 9.88 Å². The standard InChI is InChI=1S/C20H26N2O2S/c1-14-4-6-18(7-5-14)24-12-19-21-17(13-25-19)9-20(23)22-10-15(2)8-16(3)11-22/h4-7,13,15-16H,8-12H2,1-3H3. The van der Waals surface area contributed by atoms with Crippen molar-refractivity contribution in [2.75, 3.05) is 13.1 Å². The third-order valence-electron chi connectivity index (χ3n) is 4.54. The average Bonchev–Trinajstić information content (AvgIpc) is 3.01. The average molecular weight is 359 g/mol. The van der Waals surface area contributed by atoms with Gasteiger partial charge in [-0.3, -0.25) is 4.79 Å². The van der Waals surface area contributed by atoms with Crippen LogP contribution in [-0.4, -0.2) is 28.9 Å². The summed E-state index contributed by atoms with van der Waals surface area (Å²) in [6, 6.07) is 7.99. The predicted octanol–water partition coefficient (Wildman–Crippen LogP) is 4.08. The molecule has 4 nitrogen and oxygen atoms in total. The number of piperidine rings is 1. The van der Waals surface area contributed by atoms with Crippen molar-refractivity contribution in [1.29, 1.82) is 0 Å². The normalized spacial score (nSPS) is 20.5. The Morgan fingerprint density at radius 2 is 1.92 bits per heavy atom. The lowest BCUT2D eigenvalue weighted by Crippen LogP contribution is -2.43. The molecule has 2 unspecified atom stereocenters. The molecule has 2 heterocycles. The summed E-state index contributed by atoms with van der Waals surface area (Å²) in [7, 11) is 0. The van der Waals surface area contributed by atoms with E-state index in [1.807, 2.05) is 34.5 Å². The van der Waals surface area contributed by atoms with Gasteiger partial charge in [0.05, 0.1) is 12.1 Å². The van der Waals surface area contributed by atoms with Crippen LogP contribution < -0.4 is 4.74 Å². The Morgan fingerprint density at radius 3 is 2.60 bits per heavy atom. The van der Waals surface area contributed by atoms with Gasteiger partial charge in [0.15, 0.2) is 0 Å². The van der Waals surface area contributed by atoms with E-state index in [9.17, 15) is 4.79 Å². The molecule has 0 spiro atoms. The van der Waals surface area contributed by atoms with Crippen LogP contribution in [0.2, 0.25) is 0 Å². The highest BCUT2D eigenvalue weighted by Gasteiger charge is 2.25. The molecule has 5 heteroatoms. The number of rotatable bonds is 5. The van der Waals surface area contributed by atoms with Gasteiger partial charge >= 0.3 is 0 Å². The molecule has 0 bridgehead atoms. The van der Waals surface area contributed by atoms with Gasteiger partial charge in [-0.05, 0) is 37.3 Å². The lowest BCUT2D eigenvalue weighted by atomic mass is 9.92. The topological polar surface area (TPSA) is 42.4 Å². The Bertz CT molecular complexity index is 701. The first kappa shape index (κ1) is 17.9. The highest BCUT2D eigenvalue weighted by atomic mass is 32.1. The van der Waals surface area contributed by atoms with Gasteiger partial charge in [-0.2, -0.15) is 0 Å². The Balaban J connectivity index is 1.52. The third kappa shape index (κ3) is 5.05. The van der Waals surface area contributed by atoms with E-state index in [4.69, 9.17) is 4.74 Å². The van der Waals surface area contributed by atoms with Crippen LogP contribution >= 0.6 is 11.3 Å². The zero-order valence-electron chi connectivity index (χ0n) is 15.2. The van der Waals surface area contributed by atoms with Crippen LogP contribution in [0.3, 0.4) is 0 Å². The Morgan fingerprint density at radius 1 is 1.24 bits per heavy atom. The zero-order chi connectivity index (χ0) is 17.8. The van der Waals surface area contributed by atoms with Crippen LogP contribution in [0.25, 0.3) is 0 Å². The van der Waals surface area contributed by atoms with E-state index in [0.29, 0.717) is 24.9 Å². The number of carbonyl (C=O) groups is 1. The smallest absolute Gasteiger partial charge is 0.228 e. The SMILES string of the molecule is Cc1ccc(OCc2nc(CC(=O)N3CC(C)CC(C)C3)cs2)cc1. The number of benzene rings is 1. The lowest BCUT2D eigenvalue weighted by Gasteiger charge is -2.35. The molecule has 0 saturated carbocycles. The maximum Gasteiger partial charge on any atom is 0.228 e. The van der Waals surface area contributed by atoms with Gasteiger partial charge < -0.3 is 9.64 Å². The molecule has 1 aromatic heterocycles. The molecule has 2 aromatic rings. The second kappa shape index (κ2) is 8.00. The first-order valence-electron chi connectivity index (χ1n) is 8.90. The van der Waals surface area contributed by atoms with Crippen LogP contribution in [0.5, 0.6) is 5.75 Å². The largest absolute Gasteiger partial charge is 0.486 e. The number of aromatic nitrogens is 1. The number of amides is 1. The van der Waals surface area contributed by atoms with E-state index in [0.717, 1.165) is 29.5 Å². The van der Waals surface area contributed by atoms with E-state index >= 15 is 0 Å². The molecule has 1 aliphatic heterocycles. The van der Waals surface area contributed by atoms with Gasteiger partial charge in [0.2, 0.25) is 5.91 Å². The minimum absolute atomic E-state index is 0.190. The highest BCUT2D eigenvalue weighted by molar-refractivity contribution is 7.09. The minimum Gasteiger partial charge on any atom is -0.486 e. The molecule has 0 aliphatic carbocycles. The summed E-state index contributed by atoms with van der Waals surface area (Å²) in [6.45, 7) is 8.68. The fourth-order valence-electron chi connectivity index (χ4n) is 3.41. The van der Waals surface area contributed by atoms with Crippen molar-refractivity contribution in [2.24, 2.45) is 11.8 Å². The minimum atomic E-state index is 0.190.